The maximum absolute atomic E-state index is 13.0. The summed E-state index contributed by atoms with van der Waals surface area (Å²) >= 11 is 0. The monoisotopic (exact) mass is 386 g/mol. The normalized spacial score (nSPS) is 18.4. The number of hydrogen-bond acceptors (Lipinski definition) is 3. The zero-order chi connectivity index (χ0) is 19.9. The lowest BCUT2D eigenvalue weighted by Crippen LogP contribution is -2.51. The predicted octanol–water partition coefficient (Wildman–Crippen LogP) is 2.26. The first-order valence-corrected chi connectivity index (χ1v) is 8.89. The molecule has 0 bridgehead atoms. The van der Waals surface area contributed by atoms with Crippen molar-refractivity contribution in [2.24, 2.45) is 4.99 Å². The van der Waals surface area contributed by atoms with Gasteiger partial charge in [-0.15, -0.1) is 0 Å². The van der Waals surface area contributed by atoms with Gasteiger partial charge in [-0.3, -0.25) is 4.79 Å². The van der Waals surface area contributed by atoms with Crippen molar-refractivity contribution in [2.45, 2.75) is 32.0 Å². The van der Waals surface area contributed by atoms with Crippen LogP contribution in [0.15, 0.2) is 29.3 Å². The Morgan fingerprint density at radius 2 is 2.11 bits per heavy atom. The number of carbonyl (C=O) groups is 1. The molecule has 1 heterocycles. The van der Waals surface area contributed by atoms with Crippen LogP contribution in [0.3, 0.4) is 0 Å². The quantitative estimate of drug-likeness (QED) is 0.447. The number of rotatable bonds is 6. The van der Waals surface area contributed by atoms with E-state index < -0.39 is 11.7 Å². The third-order valence-electron chi connectivity index (χ3n) is 4.12. The molecule has 1 aromatic rings. The summed E-state index contributed by atoms with van der Waals surface area (Å²) in [6, 6.07) is 5.20. The molecule has 1 aromatic carbocycles. The van der Waals surface area contributed by atoms with Gasteiger partial charge in [0.2, 0.25) is 5.91 Å². The summed E-state index contributed by atoms with van der Waals surface area (Å²) in [7, 11) is 1.76. The van der Waals surface area contributed by atoms with Crippen LogP contribution in [-0.2, 0) is 11.0 Å². The van der Waals surface area contributed by atoms with Crippen LogP contribution in [-0.4, -0.2) is 56.1 Å². The van der Waals surface area contributed by atoms with Crippen LogP contribution < -0.4 is 15.4 Å². The van der Waals surface area contributed by atoms with Crippen molar-refractivity contribution in [3.63, 3.8) is 0 Å². The maximum atomic E-state index is 13.0. The number of alkyl halides is 3. The standard InChI is InChI=1S/C18H25F3N4O2/c1-3-22-17(24-13-8-9-16(26)25(2)12-13)23-10-11-27-15-7-5-4-6-14(15)18(19,20)21/h4-7,13H,3,8-12H2,1-2H3,(H2,22,23,24). The van der Waals surface area contributed by atoms with Gasteiger partial charge in [0.1, 0.15) is 12.4 Å². The second-order valence-corrected chi connectivity index (χ2v) is 6.26. The zero-order valence-corrected chi connectivity index (χ0v) is 15.5. The number of benzene rings is 1. The Morgan fingerprint density at radius 3 is 2.78 bits per heavy atom. The summed E-state index contributed by atoms with van der Waals surface area (Å²) in [5.41, 5.74) is -0.797. The lowest BCUT2D eigenvalue weighted by molar-refractivity contribution is -0.139. The molecule has 0 aliphatic carbocycles. The lowest BCUT2D eigenvalue weighted by Gasteiger charge is -2.31. The first-order valence-electron chi connectivity index (χ1n) is 8.89. The van der Waals surface area contributed by atoms with Gasteiger partial charge in [0, 0.05) is 32.6 Å². The number of carbonyl (C=O) groups excluding carboxylic acids is 1. The molecule has 1 saturated heterocycles. The number of likely N-dealkylation sites (tertiary alicyclic amines) is 1. The van der Waals surface area contributed by atoms with E-state index in [9.17, 15) is 18.0 Å². The predicted molar refractivity (Wildman–Crippen MR) is 96.7 cm³/mol. The minimum Gasteiger partial charge on any atom is -0.491 e. The average Bonchev–Trinajstić information content (AvgIpc) is 2.61. The summed E-state index contributed by atoms with van der Waals surface area (Å²) in [4.78, 5) is 17.6. The largest absolute Gasteiger partial charge is 0.491 e. The summed E-state index contributed by atoms with van der Waals surface area (Å²) in [5, 5.41) is 6.34. The molecule has 9 heteroatoms. The number of para-hydroxylation sites is 1. The van der Waals surface area contributed by atoms with Crippen molar-refractivity contribution in [3.8, 4) is 5.75 Å². The van der Waals surface area contributed by atoms with E-state index in [2.05, 4.69) is 15.6 Å². The van der Waals surface area contributed by atoms with Gasteiger partial charge in [0.25, 0.3) is 0 Å². The van der Waals surface area contributed by atoms with Crippen LogP contribution in [0.25, 0.3) is 0 Å². The highest BCUT2D eigenvalue weighted by atomic mass is 19.4. The van der Waals surface area contributed by atoms with Gasteiger partial charge in [-0.2, -0.15) is 13.2 Å². The number of piperidine rings is 1. The van der Waals surface area contributed by atoms with E-state index in [1.807, 2.05) is 6.92 Å². The van der Waals surface area contributed by atoms with Crippen LogP contribution in [0.5, 0.6) is 5.75 Å². The lowest BCUT2D eigenvalue weighted by atomic mass is 10.1. The van der Waals surface area contributed by atoms with Gasteiger partial charge in [-0.1, -0.05) is 12.1 Å². The Balaban J connectivity index is 1.90. The first kappa shape index (κ1) is 20.9. The number of guanidine groups is 1. The second kappa shape index (κ2) is 9.48. The fraction of sp³-hybridized carbons (Fsp3) is 0.556. The summed E-state index contributed by atoms with van der Waals surface area (Å²) in [6.07, 6.45) is -3.27. The van der Waals surface area contributed by atoms with Crippen LogP contribution >= 0.6 is 0 Å². The van der Waals surface area contributed by atoms with E-state index in [-0.39, 0.29) is 30.9 Å². The number of ether oxygens (including phenoxy) is 1. The molecule has 1 unspecified atom stereocenters. The molecule has 1 atom stereocenters. The van der Waals surface area contributed by atoms with Gasteiger partial charge < -0.3 is 20.3 Å². The molecular weight excluding hydrogens is 361 g/mol. The third kappa shape index (κ3) is 6.33. The van der Waals surface area contributed by atoms with Crippen LogP contribution in [0, 0.1) is 0 Å². The van der Waals surface area contributed by atoms with Gasteiger partial charge in [-0.05, 0) is 25.5 Å². The molecular formula is C18H25F3N4O2. The second-order valence-electron chi connectivity index (χ2n) is 6.26. The molecule has 1 aliphatic rings. The van der Waals surface area contributed by atoms with Crippen LogP contribution in [0.1, 0.15) is 25.3 Å². The van der Waals surface area contributed by atoms with Crippen molar-refractivity contribution < 1.29 is 22.7 Å². The van der Waals surface area contributed by atoms with Crippen molar-refractivity contribution in [1.82, 2.24) is 15.5 Å². The number of aliphatic imine (C=N–C) groups is 1. The molecule has 0 spiro atoms. The number of amides is 1. The Labute approximate surface area is 156 Å². The van der Waals surface area contributed by atoms with Crippen LogP contribution in [0.2, 0.25) is 0 Å². The van der Waals surface area contributed by atoms with E-state index >= 15 is 0 Å². The van der Waals surface area contributed by atoms with E-state index in [0.29, 0.717) is 31.9 Å². The molecule has 1 fully saturated rings. The number of nitrogens with one attached hydrogen (secondary N) is 2. The Hall–Kier alpha value is -2.45. The smallest absolute Gasteiger partial charge is 0.419 e. The minimum atomic E-state index is -4.46. The van der Waals surface area contributed by atoms with E-state index in [0.717, 1.165) is 6.07 Å². The summed E-state index contributed by atoms with van der Waals surface area (Å²) < 4.78 is 44.1. The molecule has 0 radical (unpaired) electrons. The van der Waals surface area contributed by atoms with Gasteiger partial charge in [0.05, 0.1) is 12.1 Å². The molecule has 2 rings (SSSR count). The number of halogens is 3. The SMILES string of the molecule is CCNC(=NCCOc1ccccc1C(F)(F)F)NC1CCC(=O)N(C)C1. The number of likely N-dealkylation sites (N-methyl/N-ethyl adjacent to an activating group) is 1. The molecule has 27 heavy (non-hydrogen) atoms. The summed E-state index contributed by atoms with van der Waals surface area (Å²) in [5.74, 6) is 0.468. The zero-order valence-electron chi connectivity index (χ0n) is 15.5. The number of hydrogen-bond donors (Lipinski definition) is 2. The highest BCUT2D eigenvalue weighted by Crippen LogP contribution is 2.35. The molecule has 1 aliphatic heterocycles. The number of nitrogens with zero attached hydrogens (tertiary/aromatic N) is 2. The first-order chi connectivity index (χ1) is 12.8. The highest BCUT2D eigenvalue weighted by molar-refractivity contribution is 5.81. The molecule has 0 aromatic heterocycles. The van der Waals surface area contributed by atoms with Gasteiger partial charge in [-0.25, -0.2) is 4.99 Å². The Kier molecular flexibility index (Phi) is 7.32. The van der Waals surface area contributed by atoms with Crippen LogP contribution in [0.4, 0.5) is 13.2 Å². The topological polar surface area (TPSA) is 66.0 Å². The van der Waals surface area contributed by atoms with E-state index in [1.54, 1.807) is 11.9 Å². The van der Waals surface area contributed by atoms with Crippen molar-refractivity contribution >= 4 is 11.9 Å². The summed E-state index contributed by atoms with van der Waals surface area (Å²) in [6.45, 7) is 3.36. The van der Waals surface area contributed by atoms with Gasteiger partial charge >= 0.3 is 6.18 Å². The van der Waals surface area contributed by atoms with Crippen molar-refractivity contribution in [2.75, 3.05) is 33.3 Å². The van der Waals surface area contributed by atoms with E-state index in [4.69, 9.17) is 4.74 Å². The minimum absolute atomic E-state index is 0.0206. The Morgan fingerprint density at radius 1 is 1.37 bits per heavy atom. The fourth-order valence-corrected chi connectivity index (χ4v) is 2.78. The fourth-order valence-electron chi connectivity index (χ4n) is 2.78. The van der Waals surface area contributed by atoms with Crippen molar-refractivity contribution in [3.05, 3.63) is 29.8 Å². The van der Waals surface area contributed by atoms with E-state index in [1.165, 1.54) is 18.2 Å². The average molecular weight is 386 g/mol. The Bertz CT molecular complexity index is 664. The highest BCUT2D eigenvalue weighted by Gasteiger charge is 2.33. The molecule has 150 valence electrons. The third-order valence-corrected chi connectivity index (χ3v) is 4.12. The molecule has 0 saturated carbocycles. The molecule has 2 N–H and O–H groups in total. The molecule has 6 nitrogen and oxygen atoms in total. The van der Waals surface area contributed by atoms with Crippen molar-refractivity contribution in [1.29, 1.82) is 0 Å². The van der Waals surface area contributed by atoms with Gasteiger partial charge in [0.15, 0.2) is 5.96 Å². The maximum Gasteiger partial charge on any atom is 0.419 e. The molecule has 1 amide bonds.